The minimum absolute atomic E-state index is 0. The third-order valence-corrected chi connectivity index (χ3v) is 2.87. The number of ether oxygens (including phenoxy) is 1. The SMILES string of the molecule is Cl.Nc1ncc(CN2CCOCC2)s1. The molecule has 1 aromatic heterocycles. The molecule has 80 valence electrons. The van der Waals surface area contributed by atoms with E-state index in [1.54, 1.807) is 11.3 Å². The topological polar surface area (TPSA) is 51.4 Å². The first-order chi connectivity index (χ1) is 6.34. The number of thiazole rings is 1. The quantitative estimate of drug-likeness (QED) is 0.831. The predicted octanol–water partition coefficient (Wildman–Crippen LogP) is 0.979. The van der Waals surface area contributed by atoms with Crippen molar-refractivity contribution in [1.82, 2.24) is 9.88 Å². The van der Waals surface area contributed by atoms with Crippen molar-refractivity contribution in [2.75, 3.05) is 32.0 Å². The summed E-state index contributed by atoms with van der Waals surface area (Å²) in [5, 5.41) is 0.656. The van der Waals surface area contributed by atoms with Crippen molar-refractivity contribution in [1.29, 1.82) is 0 Å². The van der Waals surface area contributed by atoms with Crippen LogP contribution in [0, 0.1) is 0 Å². The number of anilines is 1. The number of nitrogens with two attached hydrogens (primary N) is 1. The Hall–Kier alpha value is -0.360. The van der Waals surface area contributed by atoms with Gasteiger partial charge in [0.15, 0.2) is 5.13 Å². The second kappa shape index (κ2) is 5.50. The Morgan fingerprint density at radius 1 is 1.50 bits per heavy atom. The molecule has 0 amide bonds. The number of nitrogen functional groups attached to an aromatic ring is 1. The summed E-state index contributed by atoms with van der Waals surface area (Å²) >= 11 is 1.57. The van der Waals surface area contributed by atoms with Gasteiger partial charge in [0, 0.05) is 30.7 Å². The van der Waals surface area contributed by atoms with Gasteiger partial charge >= 0.3 is 0 Å². The standard InChI is InChI=1S/C8H13N3OS.ClH/c9-8-10-5-7(13-8)6-11-1-3-12-4-2-11;/h5H,1-4,6H2,(H2,9,10);1H. The lowest BCUT2D eigenvalue weighted by Gasteiger charge is -2.25. The van der Waals surface area contributed by atoms with Crippen LogP contribution in [0.3, 0.4) is 0 Å². The third kappa shape index (κ3) is 3.09. The van der Waals surface area contributed by atoms with Crippen LogP contribution < -0.4 is 5.73 Å². The normalized spacial score (nSPS) is 17.7. The minimum Gasteiger partial charge on any atom is -0.379 e. The molecular weight excluding hydrogens is 222 g/mol. The molecule has 0 radical (unpaired) electrons. The van der Waals surface area contributed by atoms with Crippen molar-refractivity contribution in [3.8, 4) is 0 Å². The van der Waals surface area contributed by atoms with Crippen LogP contribution >= 0.6 is 23.7 Å². The van der Waals surface area contributed by atoms with Crippen molar-refractivity contribution in [2.24, 2.45) is 0 Å². The number of halogens is 1. The highest BCUT2D eigenvalue weighted by atomic mass is 35.5. The lowest BCUT2D eigenvalue weighted by Crippen LogP contribution is -2.35. The van der Waals surface area contributed by atoms with Gasteiger partial charge in [-0.2, -0.15) is 0 Å². The molecule has 2 rings (SSSR count). The molecule has 0 atom stereocenters. The molecule has 2 N–H and O–H groups in total. The Labute approximate surface area is 93.5 Å². The molecule has 1 aliphatic rings. The number of hydrogen-bond donors (Lipinski definition) is 1. The van der Waals surface area contributed by atoms with Gasteiger partial charge in [0.1, 0.15) is 0 Å². The number of hydrogen-bond acceptors (Lipinski definition) is 5. The van der Waals surface area contributed by atoms with Gasteiger partial charge in [0.25, 0.3) is 0 Å². The van der Waals surface area contributed by atoms with Crippen molar-refractivity contribution in [3.63, 3.8) is 0 Å². The Morgan fingerprint density at radius 2 is 2.21 bits per heavy atom. The number of aromatic nitrogens is 1. The van der Waals surface area contributed by atoms with Gasteiger partial charge in [-0.1, -0.05) is 0 Å². The summed E-state index contributed by atoms with van der Waals surface area (Å²) < 4.78 is 5.26. The van der Waals surface area contributed by atoms with Gasteiger partial charge in [0.2, 0.25) is 0 Å². The molecule has 6 heteroatoms. The molecule has 0 unspecified atom stereocenters. The van der Waals surface area contributed by atoms with E-state index in [1.807, 2.05) is 6.20 Å². The molecule has 0 aliphatic carbocycles. The first-order valence-electron chi connectivity index (χ1n) is 4.35. The van der Waals surface area contributed by atoms with E-state index in [4.69, 9.17) is 10.5 Å². The van der Waals surface area contributed by atoms with E-state index in [1.165, 1.54) is 4.88 Å². The van der Waals surface area contributed by atoms with Crippen LogP contribution in [0.4, 0.5) is 5.13 Å². The summed E-state index contributed by atoms with van der Waals surface area (Å²) in [5.41, 5.74) is 5.55. The van der Waals surface area contributed by atoms with Crippen LogP contribution in [-0.2, 0) is 11.3 Å². The zero-order chi connectivity index (χ0) is 9.10. The third-order valence-electron chi connectivity index (χ3n) is 2.05. The average Bonchev–Trinajstić information content (AvgIpc) is 2.53. The minimum atomic E-state index is 0. The average molecular weight is 236 g/mol. The van der Waals surface area contributed by atoms with E-state index in [2.05, 4.69) is 9.88 Å². The van der Waals surface area contributed by atoms with Gasteiger partial charge in [-0.05, 0) is 0 Å². The highest BCUT2D eigenvalue weighted by molar-refractivity contribution is 7.15. The number of nitrogens with zero attached hydrogens (tertiary/aromatic N) is 2. The fourth-order valence-corrected chi connectivity index (χ4v) is 2.10. The first kappa shape index (κ1) is 11.7. The Morgan fingerprint density at radius 3 is 2.79 bits per heavy atom. The van der Waals surface area contributed by atoms with E-state index >= 15 is 0 Å². The second-order valence-electron chi connectivity index (χ2n) is 3.05. The number of morpholine rings is 1. The molecule has 0 aromatic carbocycles. The Bertz CT molecular complexity index is 275. The molecule has 0 bridgehead atoms. The largest absolute Gasteiger partial charge is 0.379 e. The molecule has 2 heterocycles. The van der Waals surface area contributed by atoms with Gasteiger partial charge in [0.05, 0.1) is 13.2 Å². The van der Waals surface area contributed by atoms with E-state index < -0.39 is 0 Å². The van der Waals surface area contributed by atoms with Crippen LogP contribution in [0.25, 0.3) is 0 Å². The fourth-order valence-electron chi connectivity index (χ4n) is 1.38. The van der Waals surface area contributed by atoms with Crippen LogP contribution in [-0.4, -0.2) is 36.2 Å². The maximum Gasteiger partial charge on any atom is 0.180 e. The lowest BCUT2D eigenvalue weighted by molar-refractivity contribution is 0.0346. The summed E-state index contributed by atoms with van der Waals surface area (Å²) in [6, 6.07) is 0. The Balaban J connectivity index is 0.000000980. The van der Waals surface area contributed by atoms with Crippen molar-refractivity contribution in [2.45, 2.75) is 6.54 Å². The highest BCUT2D eigenvalue weighted by Gasteiger charge is 2.11. The molecule has 1 aliphatic heterocycles. The summed E-state index contributed by atoms with van der Waals surface area (Å²) in [6.45, 7) is 4.66. The zero-order valence-corrected chi connectivity index (χ0v) is 9.44. The molecule has 4 nitrogen and oxygen atoms in total. The molecule has 14 heavy (non-hydrogen) atoms. The van der Waals surface area contributed by atoms with Crippen LogP contribution in [0.15, 0.2) is 6.20 Å². The number of rotatable bonds is 2. The fraction of sp³-hybridized carbons (Fsp3) is 0.625. The van der Waals surface area contributed by atoms with E-state index in [0.29, 0.717) is 5.13 Å². The monoisotopic (exact) mass is 235 g/mol. The molecule has 0 saturated carbocycles. The van der Waals surface area contributed by atoms with Crippen molar-refractivity contribution in [3.05, 3.63) is 11.1 Å². The molecule has 1 aromatic rings. The first-order valence-corrected chi connectivity index (χ1v) is 5.16. The Kier molecular flexibility index (Phi) is 4.60. The van der Waals surface area contributed by atoms with Gasteiger partial charge in [-0.15, -0.1) is 23.7 Å². The lowest BCUT2D eigenvalue weighted by atomic mass is 10.4. The summed E-state index contributed by atoms with van der Waals surface area (Å²) in [6.07, 6.45) is 1.86. The predicted molar refractivity (Wildman–Crippen MR) is 59.9 cm³/mol. The molecule has 1 saturated heterocycles. The summed E-state index contributed by atoms with van der Waals surface area (Å²) in [4.78, 5) is 7.61. The van der Waals surface area contributed by atoms with Crippen LogP contribution in [0.2, 0.25) is 0 Å². The van der Waals surface area contributed by atoms with Gasteiger partial charge in [-0.25, -0.2) is 4.98 Å². The molecule has 0 spiro atoms. The summed E-state index contributed by atoms with van der Waals surface area (Å²) in [7, 11) is 0. The van der Waals surface area contributed by atoms with Crippen molar-refractivity contribution < 1.29 is 4.74 Å². The van der Waals surface area contributed by atoms with E-state index in [-0.39, 0.29) is 12.4 Å². The smallest absolute Gasteiger partial charge is 0.180 e. The molecular formula is C8H14ClN3OS. The van der Waals surface area contributed by atoms with Crippen molar-refractivity contribution >= 4 is 28.9 Å². The second-order valence-corrected chi connectivity index (χ2v) is 4.20. The van der Waals surface area contributed by atoms with Crippen LogP contribution in [0.5, 0.6) is 0 Å². The summed E-state index contributed by atoms with van der Waals surface area (Å²) in [5.74, 6) is 0. The maximum atomic E-state index is 5.55. The zero-order valence-electron chi connectivity index (χ0n) is 7.81. The van der Waals surface area contributed by atoms with Crippen LogP contribution in [0.1, 0.15) is 4.88 Å². The molecule has 1 fully saturated rings. The van der Waals surface area contributed by atoms with E-state index in [0.717, 1.165) is 32.8 Å². The maximum absolute atomic E-state index is 5.55. The van der Waals surface area contributed by atoms with Gasteiger partial charge < -0.3 is 10.5 Å². The van der Waals surface area contributed by atoms with E-state index in [9.17, 15) is 0 Å². The van der Waals surface area contributed by atoms with Gasteiger partial charge in [-0.3, -0.25) is 4.90 Å². The highest BCUT2D eigenvalue weighted by Crippen LogP contribution is 2.16.